The largest absolute Gasteiger partial charge is 0.508 e. The second-order valence-corrected chi connectivity index (χ2v) is 30.6. The lowest BCUT2D eigenvalue weighted by molar-refractivity contribution is -0.150. The van der Waals surface area contributed by atoms with Crippen LogP contribution in [-0.4, -0.2) is 211 Å². The van der Waals surface area contributed by atoms with Crippen molar-refractivity contribution in [1.82, 2.24) is 62.2 Å². The van der Waals surface area contributed by atoms with Crippen LogP contribution in [0.25, 0.3) is 10.9 Å². The Bertz CT molecular complexity index is 4300. The molecule has 3 aliphatic rings. The first-order chi connectivity index (χ1) is 54.2. The van der Waals surface area contributed by atoms with Crippen LogP contribution in [0.5, 0.6) is 17.2 Å². The third-order valence-electron chi connectivity index (χ3n) is 21.8. The lowest BCUT2D eigenvalue weighted by Crippen LogP contribution is -2.62. The fourth-order valence-corrected chi connectivity index (χ4v) is 14.6. The molecule has 8 rings (SSSR count). The van der Waals surface area contributed by atoms with Crippen molar-refractivity contribution in [2.45, 2.75) is 199 Å². The molecule has 614 valence electrons. The Morgan fingerprint density at radius 2 is 1.11 bits per heavy atom. The number of aromatic hydroxyl groups is 3. The average molecular weight is 1580 g/mol. The number of para-hydroxylation sites is 1. The normalized spacial score (nSPS) is 24.7. The van der Waals surface area contributed by atoms with Crippen molar-refractivity contribution >= 4 is 99.2 Å². The number of carbonyl (C=O) groups is 14. The van der Waals surface area contributed by atoms with Gasteiger partial charge in [0, 0.05) is 107 Å². The van der Waals surface area contributed by atoms with E-state index in [0.717, 1.165) is 10.3 Å². The number of ketones is 3. The predicted octanol–water partition coefficient (Wildman–Crippen LogP) is 2.40. The standard InChI is InChI=1S/C82H109N15O17/c1-8-46(4)59-43-66(101)52(40-54-44-87-60-16-10-9-15-58(54)60)41-68(103)61(31-32-69(83)104)89-76(109)64(39-51-23-29-57(100)30-24-51)92-78(111)70(45(2)3)93-72(105)47(5)88-75(108)63(38-50-21-27-56(99)28-22-50)91-74(107)62(17-13-33-86-82(84)85)90-73(106)48(6)95(7)80(113)71(81(114)96-34-11-12-35-96)94-77(110)65-18-14-36-97(65)79(112)53(42-67(59)102)37-49-19-25-55(98)26-20-49/h9-10,15-16,19-30,44-48,52-53,59,61-65,70-71,87,98-100H,8,11-14,17-18,31-43H2,1-7H3,(H2,83,104)(H,88,108)(H,89,109)(H,90,106)(H,91,107)(H,92,111)(H,93,105)(H,94,110)(H4,84,85,86)/t46-,47-,48-,52+,53+,59-,61-,62-,63-,64-,65-,70-,71-/m0/s1. The molecule has 3 saturated heterocycles. The number of Topliss-reactive ketones (excluding diaryl/α,β-unsaturated/α-hetero) is 3. The number of nitrogens with two attached hydrogens (primary N) is 2. The molecule has 17 N–H and O–H groups in total. The van der Waals surface area contributed by atoms with Crippen LogP contribution in [0, 0.1) is 35.0 Å². The van der Waals surface area contributed by atoms with Crippen molar-refractivity contribution in [1.29, 1.82) is 5.41 Å². The van der Waals surface area contributed by atoms with Crippen molar-refractivity contribution in [3.8, 4) is 17.2 Å². The number of hydrogen-bond donors (Lipinski definition) is 15. The maximum Gasteiger partial charge on any atom is 0.255 e. The maximum absolute atomic E-state index is 15.6. The van der Waals surface area contributed by atoms with Crippen molar-refractivity contribution in [2.24, 2.45) is 41.1 Å². The average Bonchev–Trinajstić information content (AvgIpc) is 1.75. The number of primary amides is 1. The van der Waals surface area contributed by atoms with Crippen LogP contribution in [-0.2, 0) is 92.8 Å². The van der Waals surface area contributed by atoms with E-state index in [-0.39, 0.29) is 101 Å². The Hall–Kier alpha value is -11.7. The Balaban J connectivity index is 1.21. The van der Waals surface area contributed by atoms with Crippen LogP contribution in [0.2, 0.25) is 0 Å². The van der Waals surface area contributed by atoms with Crippen LogP contribution < -0.4 is 54.0 Å². The molecule has 0 bridgehead atoms. The number of likely N-dealkylation sites (N-methyl/N-ethyl adjacent to an activating group) is 1. The van der Waals surface area contributed by atoms with Crippen molar-refractivity contribution in [3.05, 3.63) is 126 Å². The van der Waals surface area contributed by atoms with Crippen LogP contribution in [0.15, 0.2) is 103 Å². The molecule has 4 aromatic carbocycles. The first-order valence-electron chi connectivity index (χ1n) is 39.0. The highest BCUT2D eigenvalue weighted by molar-refractivity contribution is 6.09. The maximum atomic E-state index is 15.6. The molecule has 5 aromatic rings. The zero-order valence-corrected chi connectivity index (χ0v) is 65.6. The topological polar surface area (TPSA) is 497 Å². The predicted molar refractivity (Wildman–Crippen MR) is 421 cm³/mol. The number of rotatable bonds is 19. The number of aromatic nitrogens is 1. The number of H-pyrrole nitrogens is 1. The summed E-state index contributed by atoms with van der Waals surface area (Å²) in [5.74, 6) is -17.2. The SMILES string of the molecule is CC[C@H](C)[C@@H]1CC(=O)[C@H](Cc2c[nH]c3ccccc23)CC(=O)[C@H](CCC(N)=O)NC(=O)[C@H](Cc2ccc(O)cc2)NC(=O)[C@H](C(C)C)NC(=O)[C@H](C)NC(=O)[C@H](Cc2ccc(O)cc2)NC(=O)[C@H](CCCNC(=N)N)NC(=O)[C@H](C)N(C)C(=O)[C@@H](C(=O)N2CCCC2)NC(=O)[C@@H]2CCCN2C(=O)[C@H](Cc2ccc(O)cc2)CC1=O. The molecular formula is C82H109N15O17. The van der Waals surface area contributed by atoms with Crippen LogP contribution in [0.1, 0.15) is 141 Å². The van der Waals surface area contributed by atoms with Gasteiger partial charge in [-0.3, -0.25) is 72.5 Å². The summed E-state index contributed by atoms with van der Waals surface area (Å²) >= 11 is 0. The summed E-state index contributed by atoms with van der Waals surface area (Å²) in [6, 6.07) is 10.6. The molecular weight excluding hydrogens is 1470 g/mol. The summed E-state index contributed by atoms with van der Waals surface area (Å²) in [6.07, 6.45) is 0.352. The van der Waals surface area contributed by atoms with E-state index in [4.69, 9.17) is 16.9 Å². The molecule has 32 heteroatoms. The van der Waals surface area contributed by atoms with Gasteiger partial charge < -0.3 is 89.0 Å². The Kier molecular flexibility index (Phi) is 31.7. The van der Waals surface area contributed by atoms with Gasteiger partial charge in [0.05, 0.1) is 6.04 Å². The summed E-state index contributed by atoms with van der Waals surface area (Å²) in [6.45, 7) is 9.86. The van der Waals surface area contributed by atoms with Gasteiger partial charge in [-0.15, -0.1) is 0 Å². The van der Waals surface area contributed by atoms with E-state index in [1.807, 2.05) is 25.1 Å². The number of fused-ring (bicyclic) bond motifs is 2. The molecule has 13 atom stereocenters. The van der Waals surface area contributed by atoms with E-state index in [0.29, 0.717) is 47.0 Å². The van der Waals surface area contributed by atoms with Crippen molar-refractivity contribution < 1.29 is 82.4 Å². The van der Waals surface area contributed by atoms with E-state index in [1.165, 1.54) is 91.4 Å². The van der Waals surface area contributed by atoms with E-state index >= 15 is 33.6 Å². The molecule has 32 nitrogen and oxygen atoms in total. The quantitative estimate of drug-likeness (QED) is 0.0244. The van der Waals surface area contributed by atoms with Crippen LogP contribution >= 0.6 is 0 Å². The number of carbonyl (C=O) groups excluding carboxylic acids is 14. The molecule has 3 fully saturated rings. The Morgan fingerprint density at radius 1 is 0.561 bits per heavy atom. The summed E-state index contributed by atoms with van der Waals surface area (Å²) in [4.78, 5) is 215. The minimum Gasteiger partial charge on any atom is -0.508 e. The third-order valence-corrected chi connectivity index (χ3v) is 21.8. The number of guanidine groups is 1. The number of phenols is 3. The van der Waals surface area contributed by atoms with Gasteiger partial charge in [0.1, 0.15) is 71.1 Å². The molecule has 0 unspecified atom stereocenters. The summed E-state index contributed by atoms with van der Waals surface area (Å²) in [5, 5.41) is 60.6. The van der Waals surface area contributed by atoms with Crippen molar-refractivity contribution in [3.63, 3.8) is 0 Å². The minimum atomic E-state index is -1.97. The number of hydrogen-bond acceptors (Lipinski definition) is 18. The van der Waals surface area contributed by atoms with Gasteiger partial charge in [0.25, 0.3) is 11.8 Å². The summed E-state index contributed by atoms with van der Waals surface area (Å²) in [7, 11) is 1.22. The number of benzene rings is 4. The van der Waals surface area contributed by atoms with Crippen molar-refractivity contribution in [2.75, 3.05) is 33.2 Å². The third kappa shape index (κ3) is 24.4. The number of nitrogens with one attached hydrogen (secondary N) is 10. The van der Waals surface area contributed by atoms with Crippen LogP contribution in [0.3, 0.4) is 0 Å². The number of aromatic amines is 1. The van der Waals surface area contributed by atoms with E-state index in [9.17, 15) is 48.9 Å². The first kappa shape index (κ1) is 87.8. The highest BCUT2D eigenvalue weighted by Gasteiger charge is 2.45. The lowest BCUT2D eigenvalue weighted by atomic mass is 9.77. The minimum absolute atomic E-state index is 0.00490. The molecule has 0 aliphatic carbocycles. The first-order valence-corrected chi connectivity index (χ1v) is 39.0. The molecule has 4 heterocycles. The molecule has 1 aromatic heterocycles. The highest BCUT2D eigenvalue weighted by Crippen LogP contribution is 2.33. The van der Waals surface area contributed by atoms with E-state index in [2.05, 4.69) is 47.5 Å². The van der Waals surface area contributed by atoms with Gasteiger partial charge in [-0.1, -0.05) is 88.7 Å². The highest BCUT2D eigenvalue weighted by atomic mass is 16.3. The van der Waals surface area contributed by atoms with Gasteiger partial charge >= 0.3 is 0 Å². The molecule has 0 radical (unpaired) electrons. The van der Waals surface area contributed by atoms with Gasteiger partial charge in [-0.25, -0.2) is 0 Å². The molecule has 0 saturated carbocycles. The van der Waals surface area contributed by atoms with E-state index < -0.39 is 198 Å². The Labute approximate surface area is 662 Å². The number of likely N-dealkylation sites (tertiary alicyclic amines) is 1. The molecule has 0 spiro atoms. The van der Waals surface area contributed by atoms with Gasteiger partial charge in [-0.05, 0) is 148 Å². The number of nitrogens with zero attached hydrogens (tertiary/aromatic N) is 3. The zero-order valence-electron chi connectivity index (χ0n) is 65.6. The number of phenolic OH excluding ortho intramolecular Hbond substituents is 3. The van der Waals surface area contributed by atoms with Gasteiger partial charge in [0.2, 0.25) is 53.2 Å². The fourth-order valence-electron chi connectivity index (χ4n) is 14.6. The van der Waals surface area contributed by atoms with Gasteiger partial charge in [-0.2, -0.15) is 0 Å². The van der Waals surface area contributed by atoms with Gasteiger partial charge in [0.15, 0.2) is 17.8 Å². The summed E-state index contributed by atoms with van der Waals surface area (Å²) in [5.41, 5.74) is 13.9. The number of amides is 11. The Morgan fingerprint density at radius 3 is 1.68 bits per heavy atom. The monoisotopic (exact) mass is 1580 g/mol. The second-order valence-electron chi connectivity index (χ2n) is 30.6. The molecule has 11 amide bonds. The summed E-state index contributed by atoms with van der Waals surface area (Å²) < 4.78 is 0. The van der Waals surface area contributed by atoms with E-state index in [1.54, 1.807) is 45.2 Å². The lowest BCUT2D eigenvalue weighted by Gasteiger charge is -2.33. The smallest absolute Gasteiger partial charge is 0.255 e. The molecule has 3 aliphatic heterocycles. The van der Waals surface area contributed by atoms with Crippen LogP contribution in [0.4, 0.5) is 0 Å². The second kappa shape index (κ2) is 41.2. The zero-order chi connectivity index (χ0) is 83.2. The fraction of sp³-hybridized carbons (Fsp3) is 0.500. The molecule has 114 heavy (non-hydrogen) atoms.